The first-order chi connectivity index (χ1) is 13.8. The Balaban J connectivity index is 1.23. The third-order valence-corrected chi connectivity index (χ3v) is 5.64. The number of ether oxygens (including phenoxy) is 1. The molecule has 0 saturated heterocycles. The summed E-state index contributed by atoms with van der Waals surface area (Å²) in [5.41, 5.74) is 1.15. The standard InChI is InChI=1S/C19H22N4O3S2/c24-17(20-9-5-10-25-13-15-6-2-1-3-7-15)14-27-19-23-22-18(28-19)21-12-16-8-4-11-26-16/h1-4,6-8,11H,5,9-10,12-14H2,(H,20,24)(H,21,22). The van der Waals surface area contributed by atoms with Gasteiger partial charge in [-0.05, 0) is 24.1 Å². The lowest BCUT2D eigenvalue weighted by Crippen LogP contribution is -2.26. The number of hydrogen-bond donors (Lipinski definition) is 2. The zero-order valence-electron chi connectivity index (χ0n) is 15.3. The van der Waals surface area contributed by atoms with Gasteiger partial charge in [-0.1, -0.05) is 53.4 Å². The van der Waals surface area contributed by atoms with E-state index in [0.29, 0.717) is 37.2 Å². The fourth-order valence-corrected chi connectivity index (χ4v) is 3.84. The number of anilines is 1. The van der Waals surface area contributed by atoms with Crippen LogP contribution in [0.2, 0.25) is 0 Å². The van der Waals surface area contributed by atoms with Crippen LogP contribution in [-0.4, -0.2) is 35.0 Å². The first-order valence-corrected chi connectivity index (χ1v) is 10.7. The number of nitrogens with zero attached hydrogens (tertiary/aromatic N) is 2. The summed E-state index contributed by atoms with van der Waals surface area (Å²) in [6.45, 7) is 2.36. The van der Waals surface area contributed by atoms with Crippen molar-refractivity contribution >= 4 is 34.1 Å². The number of benzene rings is 1. The molecule has 3 rings (SSSR count). The van der Waals surface area contributed by atoms with Gasteiger partial charge in [-0.25, -0.2) is 0 Å². The van der Waals surface area contributed by atoms with Crippen molar-refractivity contribution in [2.45, 2.75) is 23.9 Å². The van der Waals surface area contributed by atoms with Crippen LogP contribution in [0.4, 0.5) is 5.13 Å². The molecule has 7 nitrogen and oxygen atoms in total. The second-order valence-corrected chi connectivity index (χ2v) is 8.04. The molecule has 1 amide bonds. The summed E-state index contributed by atoms with van der Waals surface area (Å²) in [5, 5.41) is 14.9. The Morgan fingerprint density at radius 1 is 1.18 bits per heavy atom. The minimum Gasteiger partial charge on any atom is -0.467 e. The monoisotopic (exact) mass is 418 g/mol. The molecule has 2 N–H and O–H groups in total. The molecule has 0 spiro atoms. The van der Waals surface area contributed by atoms with Crippen molar-refractivity contribution in [3.63, 3.8) is 0 Å². The van der Waals surface area contributed by atoms with Crippen molar-refractivity contribution in [1.29, 1.82) is 0 Å². The molecular weight excluding hydrogens is 396 g/mol. The van der Waals surface area contributed by atoms with Crippen LogP contribution in [0.15, 0.2) is 57.5 Å². The number of carbonyl (C=O) groups excluding carboxylic acids is 1. The summed E-state index contributed by atoms with van der Waals surface area (Å²) >= 11 is 2.79. The molecule has 0 fully saturated rings. The third-order valence-electron chi connectivity index (χ3n) is 3.63. The van der Waals surface area contributed by atoms with Gasteiger partial charge >= 0.3 is 0 Å². The van der Waals surface area contributed by atoms with Gasteiger partial charge in [-0.2, -0.15) is 0 Å². The highest BCUT2D eigenvalue weighted by molar-refractivity contribution is 8.01. The van der Waals surface area contributed by atoms with E-state index in [1.165, 1.54) is 23.1 Å². The molecule has 0 unspecified atom stereocenters. The van der Waals surface area contributed by atoms with Gasteiger partial charge in [-0.3, -0.25) is 4.79 Å². The van der Waals surface area contributed by atoms with E-state index in [0.717, 1.165) is 22.1 Å². The van der Waals surface area contributed by atoms with E-state index in [9.17, 15) is 4.79 Å². The molecule has 2 aromatic heterocycles. The van der Waals surface area contributed by atoms with E-state index in [1.807, 2.05) is 42.5 Å². The van der Waals surface area contributed by atoms with E-state index in [-0.39, 0.29) is 5.91 Å². The molecule has 3 aromatic rings. The fraction of sp³-hybridized carbons (Fsp3) is 0.316. The number of furan rings is 1. The number of hydrogen-bond acceptors (Lipinski definition) is 8. The topological polar surface area (TPSA) is 89.3 Å². The SMILES string of the molecule is O=C(CSc1nnc(NCc2ccco2)s1)NCCCOCc1ccccc1. The predicted molar refractivity (Wildman–Crippen MR) is 110 cm³/mol. The molecule has 148 valence electrons. The van der Waals surface area contributed by atoms with Gasteiger partial charge in [0, 0.05) is 13.2 Å². The summed E-state index contributed by atoms with van der Waals surface area (Å²) in [7, 11) is 0. The van der Waals surface area contributed by atoms with Crippen molar-refractivity contribution < 1.29 is 13.9 Å². The van der Waals surface area contributed by atoms with Crippen LogP contribution in [0.5, 0.6) is 0 Å². The van der Waals surface area contributed by atoms with Crippen LogP contribution in [-0.2, 0) is 22.7 Å². The smallest absolute Gasteiger partial charge is 0.230 e. The quantitative estimate of drug-likeness (QED) is 0.343. The highest BCUT2D eigenvalue weighted by atomic mass is 32.2. The van der Waals surface area contributed by atoms with E-state index in [2.05, 4.69) is 20.8 Å². The summed E-state index contributed by atoms with van der Waals surface area (Å²) in [4.78, 5) is 11.9. The number of aromatic nitrogens is 2. The molecule has 1 aromatic carbocycles. The molecule has 0 bridgehead atoms. The minimum atomic E-state index is -0.0200. The molecule has 2 heterocycles. The maximum atomic E-state index is 11.9. The van der Waals surface area contributed by atoms with Gasteiger partial charge in [0.2, 0.25) is 11.0 Å². The molecule has 0 radical (unpaired) electrons. The van der Waals surface area contributed by atoms with Crippen LogP contribution in [0, 0.1) is 0 Å². The average Bonchev–Trinajstić information content (AvgIpc) is 3.40. The van der Waals surface area contributed by atoms with Gasteiger partial charge in [0.25, 0.3) is 0 Å². The molecule has 0 aliphatic heterocycles. The Kier molecular flexibility index (Phi) is 8.35. The maximum absolute atomic E-state index is 11.9. The van der Waals surface area contributed by atoms with E-state index >= 15 is 0 Å². The zero-order valence-corrected chi connectivity index (χ0v) is 16.9. The Labute approximate surface area is 171 Å². The molecular formula is C19H22N4O3S2. The third kappa shape index (κ3) is 7.34. The summed E-state index contributed by atoms with van der Waals surface area (Å²) in [5.74, 6) is 1.13. The van der Waals surface area contributed by atoms with Gasteiger partial charge in [0.1, 0.15) is 5.76 Å². The summed E-state index contributed by atoms with van der Waals surface area (Å²) in [6, 6.07) is 13.8. The van der Waals surface area contributed by atoms with Crippen LogP contribution < -0.4 is 10.6 Å². The van der Waals surface area contributed by atoms with Crippen LogP contribution in [0.25, 0.3) is 0 Å². The van der Waals surface area contributed by atoms with Crippen molar-refractivity contribution in [2.75, 3.05) is 24.2 Å². The summed E-state index contributed by atoms with van der Waals surface area (Å²) < 4.78 is 11.6. The highest BCUT2D eigenvalue weighted by Gasteiger charge is 2.08. The maximum Gasteiger partial charge on any atom is 0.230 e. The van der Waals surface area contributed by atoms with E-state index < -0.39 is 0 Å². The molecule has 0 atom stereocenters. The fourth-order valence-electron chi connectivity index (χ4n) is 2.26. The Hall–Kier alpha value is -2.36. The lowest BCUT2D eigenvalue weighted by molar-refractivity contribution is -0.118. The Morgan fingerprint density at radius 2 is 2.07 bits per heavy atom. The largest absolute Gasteiger partial charge is 0.467 e. The minimum absolute atomic E-state index is 0.0200. The molecule has 28 heavy (non-hydrogen) atoms. The predicted octanol–water partition coefficient (Wildman–Crippen LogP) is 3.56. The lowest BCUT2D eigenvalue weighted by Gasteiger charge is -2.06. The van der Waals surface area contributed by atoms with Gasteiger partial charge in [0.15, 0.2) is 4.34 Å². The van der Waals surface area contributed by atoms with Crippen molar-refractivity contribution in [3.05, 3.63) is 60.1 Å². The number of thioether (sulfide) groups is 1. The Bertz CT molecular complexity index is 825. The second kappa shape index (κ2) is 11.5. The van der Waals surface area contributed by atoms with Crippen LogP contribution >= 0.6 is 23.1 Å². The van der Waals surface area contributed by atoms with Crippen molar-refractivity contribution in [3.8, 4) is 0 Å². The number of rotatable bonds is 12. The number of amides is 1. The van der Waals surface area contributed by atoms with Gasteiger partial charge in [-0.15, -0.1) is 10.2 Å². The lowest BCUT2D eigenvalue weighted by atomic mass is 10.2. The van der Waals surface area contributed by atoms with Crippen LogP contribution in [0.3, 0.4) is 0 Å². The van der Waals surface area contributed by atoms with Crippen LogP contribution in [0.1, 0.15) is 17.7 Å². The van der Waals surface area contributed by atoms with E-state index in [4.69, 9.17) is 9.15 Å². The average molecular weight is 419 g/mol. The first-order valence-electron chi connectivity index (χ1n) is 8.90. The molecule has 9 heteroatoms. The molecule has 0 aliphatic rings. The van der Waals surface area contributed by atoms with E-state index in [1.54, 1.807) is 6.26 Å². The van der Waals surface area contributed by atoms with Gasteiger partial charge in [0.05, 0.1) is 25.2 Å². The number of carbonyl (C=O) groups is 1. The first kappa shape index (κ1) is 20.4. The van der Waals surface area contributed by atoms with Crippen molar-refractivity contribution in [2.24, 2.45) is 0 Å². The Morgan fingerprint density at radius 3 is 2.89 bits per heavy atom. The number of nitrogens with one attached hydrogen (secondary N) is 2. The summed E-state index contributed by atoms with van der Waals surface area (Å²) in [6.07, 6.45) is 2.41. The molecule has 0 aliphatic carbocycles. The van der Waals surface area contributed by atoms with Crippen molar-refractivity contribution in [1.82, 2.24) is 15.5 Å². The zero-order chi connectivity index (χ0) is 19.4. The second-order valence-electron chi connectivity index (χ2n) is 5.84. The molecule has 0 saturated carbocycles. The normalized spacial score (nSPS) is 10.7. The highest BCUT2D eigenvalue weighted by Crippen LogP contribution is 2.25. The van der Waals surface area contributed by atoms with Gasteiger partial charge < -0.3 is 19.8 Å².